The van der Waals surface area contributed by atoms with Crippen LogP contribution in [0.2, 0.25) is 0 Å². The Labute approximate surface area is 113 Å². The van der Waals surface area contributed by atoms with Gasteiger partial charge in [-0.05, 0) is 31.5 Å². The normalized spacial score (nSPS) is 18.8. The minimum absolute atomic E-state index is 0.0800. The SMILES string of the molecule is CCOc1ccc(NC2CCN(C)C2=O)cc1CO. The highest BCUT2D eigenvalue weighted by Gasteiger charge is 2.28. The monoisotopic (exact) mass is 264 g/mol. The number of carbonyl (C=O) groups excluding carboxylic acids is 1. The number of ether oxygens (including phenoxy) is 1. The van der Waals surface area contributed by atoms with Gasteiger partial charge in [0, 0.05) is 24.8 Å². The molecule has 1 atom stereocenters. The summed E-state index contributed by atoms with van der Waals surface area (Å²) in [6.07, 6.45) is 0.803. The minimum atomic E-state index is -0.172. The summed E-state index contributed by atoms with van der Waals surface area (Å²) >= 11 is 0. The number of anilines is 1. The van der Waals surface area contributed by atoms with Crippen LogP contribution in [0.4, 0.5) is 5.69 Å². The van der Waals surface area contributed by atoms with Gasteiger partial charge in [0.05, 0.1) is 13.2 Å². The molecule has 1 heterocycles. The Hall–Kier alpha value is -1.75. The molecule has 1 aromatic carbocycles. The lowest BCUT2D eigenvalue weighted by Crippen LogP contribution is -2.30. The van der Waals surface area contributed by atoms with Crippen molar-refractivity contribution in [1.29, 1.82) is 0 Å². The van der Waals surface area contributed by atoms with Crippen molar-refractivity contribution >= 4 is 11.6 Å². The fourth-order valence-electron chi connectivity index (χ4n) is 2.25. The lowest BCUT2D eigenvalue weighted by atomic mass is 10.1. The first-order valence-corrected chi connectivity index (χ1v) is 6.53. The first-order chi connectivity index (χ1) is 9.15. The molecule has 104 valence electrons. The van der Waals surface area contributed by atoms with Crippen LogP contribution in [-0.4, -0.2) is 42.2 Å². The molecule has 1 aromatic rings. The van der Waals surface area contributed by atoms with Gasteiger partial charge in [-0.3, -0.25) is 4.79 Å². The van der Waals surface area contributed by atoms with E-state index in [4.69, 9.17) is 4.74 Å². The molecule has 1 fully saturated rings. The number of aliphatic hydroxyl groups excluding tert-OH is 1. The van der Waals surface area contributed by atoms with E-state index in [-0.39, 0.29) is 18.6 Å². The molecule has 2 N–H and O–H groups in total. The van der Waals surface area contributed by atoms with Crippen molar-refractivity contribution in [3.05, 3.63) is 23.8 Å². The molecule has 0 aliphatic carbocycles. The van der Waals surface area contributed by atoms with Crippen LogP contribution >= 0.6 is 0 Å². The van der Waals surface area contributed by atoms with Crippen LogP contribution in [0.3, 0.4) is 0 Å². The molecule has 1 amide bonds. The van der Waals surface area contributed by atoms with E-state index in [1.54, 1.807) is 11.9 Å². The lowest BCUT2D eigenvalue weighted by Gasteiger charge is -2.15. The molecular formula is C14H20N2O3. The zero-order chi connectivity index (χ0) is 13.8. The van der Waals surface area contributed by atoms with Crippen molar-refractivity contribution in [2.24, 2.45) is 0 Å². The number of likely N-dealkylation sites (N-methyl/N-ethyl adjacent to an activating group) is 1. The van der Waals surface area contributed by atoms with Crippen molar-refractivity contribution in [1.82, 2.24) is 4.90 Å². The van der Waals surface area contributed by atoms with Gasteiger partial charge in [0.2, 0.25) is 5.91 Å². The van der Waals surface area contributed by atoms with Crippen molar-refractivity contribution in [3.63, 3.8) is 0 Å². The summed E-state index contributed by atoms with van der Waals surface area (Å²) in [5, 5.41) is 12.5. The van der Waals surface area contributed by atoms with Crippen molar-refractivity contribution in [2.45, 2.75) is 26.0 Å². The molecular weight excluding hydrogens is 244 g/mol. The highest BCUT2D eigenvalue weighted by Crippen LogP contribution is 2.24. The summed E-state index contributed by atoms with van der Waals surface area (Å²) in [6, 6.07) is 5.35. The number of amides is 1. The number of nitrogens with zero attached hydrogens (tertiary/aromatic N) is 1. The lowest BCUT2D eigenvalue weighted by molar-refractivity contribution is -0.127. The Bertz CT molecular complexity index is 462. The molecule has 0 radical (unpaired) electrons. The maximum atomic E-state index is 11.8. The molecule has 2 rings (SSSR count). The largest absolute Gasteiger partial charge is 0.494 e. The van der Waals surface area contributed by atoms with E-state index in [2.05, 4.69) is 5.32 Å². The predicted octanol–water partition coefficient (Wildman–Crippen LogP) is 1.22. The second kappa shape index (κ2) is 5.93. The van der Waals surface area contributed by atoms with E-state index >= 15 is 0 Å². The van der Waals surface area contributed by atoms with Gasteiger partial charge in [0.1, 0.15) is 11.8 Å². The standard InChI is InChI=1S/C14H20N2O3/c1-3-19-13-5-4-11(8-10(13)9-17)15-12-6-7-16(2)14(12)18/h4-5,8,12,15,17H,3,6-7,9H2,1-2H3. The smallest absolute Gasteiger partial charge is 0.244 e. The van der Waals surface area contributed by atoms with E-state index < -0.39 is 0 Å². The van der Waals surface area contributed by atoms with Crippen LogP contribution in [0, 0.1) is 0 Å². The Morgan fingerprint density at radius 3 is 2.89 bits per heavy atom. The van der Waals surface area contributed by atoms with Gasteiger partial charge in [-0.1, -0.05) is 0 Å². The Kier molecular flexibility index (Phi) is 4.27. The van der Waals surface area contributed by atoms with E-state index in [0.717, 1.165) is 24.2 Å². The molecule has 1 unspecified atom stereocenters. The Morgan fingerprint density at radius 1 is 1.53 bits per heavy atom. The van der Waals surface area contributed by atoms with Gasteiger partial charge in [-0.25, -0.2) is 0 Å². The highest BCUT2D eigenvalue weighted by molar-refractivity contribution is 5.86. The van der Waals surface area contributed by atoms with Gasteiger partial charge in [-0.15, -0.1) is 0 Å². The summed E-state index contributed by atoms with van der Waals surface area (Å²) in [5.41, 5.74) is 1.56. The van der Waals surface area contributed by atoms with Crippen LogP contribution in [0.15, 0.2) is 18.2 Å². The average Bonchev–Trinajstić information content (AvgIpc) is 2.73. The van der Waals surface area contributed by atoms with E-state index in [9.17, 15) is 9.90 Å². The number of carbonyl (C=O) groups is 1. The Morgan fingerprint density at radius 2 is 2.32 bits per heavy atom. The maximum Gasteiger partial charge on any atom is 0.244 e. The number of hydrogen-bond donors (Lipinski definition) is 2. The van der Waals surface area contributed by atoms with Crippen molar-refractivity contribution in [2.75, 3.05) is 25.5 Å². The van der Waals surface area contributed by atoms with E-state index in [1.165, 1.54) is 0 Å². The number of hydrogen-bond acceptors (Lipinski definition) is 4. The molecule has 1 aliphatic rings. The fourth-order valence-corrected chi connectivity index (χ4v) is 2.25. The van der Waals surface area contributed by atoms with Gasteiger partial charge in [0.15, 0.2) is 0 Å². The third kappa shape index (κ3) is 2.98. The number of likely N-dealkylation sites (tertiary alicyclic amines) is 1. The molecule has 1 aliphatic heterocycles. The van der Waals surface area contributed by atoms with Crippen molar-refractivity contribution in [3.8, 4) is 5.75 Å². The molecule has 19 heavy (non-hydrogen) atoms. The second-order valence-corrected chi connectivity index (χ2v) is 4.66. The molecule has 5 nitrogen and oxygen atoms in total. The summed E-state index contributed by atoms with van der Waals surface area (Å²) in [5.74, 6) is 0.796. The third-order valence-electron chi connectivity index (χ3n) is 3.30. The number of nitrogens with one attached hydrogen (secondary N) is 1. The van der Waals surface area contributed by atoms with Crippen LogP contribution in [0.5, 0.6) is 5.75 Å². The molecule has 0 aromatic heterocycles. The molecule has 0 bridgehead atoms. The van der Waals surface area contributed by atoms with E-state index in [1.807, 2.05) is 25.1 Å². The van der Waals surface area contributed by atoms with Gasteiger partial charge in [0.25, 0.3) is 0 Å². The maximum absolute atomic E-state index is 11.8. The first-order valence-electron chi connectivity index (χ1n) is 6.53. The quantitative estimate of drug-likeness (QED) is 0.839. The Balaban J connectivity index is 2.11. The van der Waals surface area contributed by atoms with Crippen LogP contribution < -0.4 is 10.1 Å². The first kappa shape index (κ1) is 13.7. The van der Waals surface area contributed by atoms with Crippen LogP contribution in [0.1, 0.15) is 18.9 Å². The zero-order valence-corrected chi connectivity index (χ0v) is 11.3. The number of benzene rings is 1. The predicted molar refractivity (Wildman–Crippen MR) is 73.2 cm³/mol. The number of rotatable bonds is 5. The summed E-state index contributed by atoms with van der Waals surface area (Å²) in [6.45, 7) is 3.16. The molecule has 5 heteroatoms. The fraction of sp³-hybridized carbons (Fsp3) is 0.500. The van der Waals surface area contributed by atoms with Gasteiger partial charge >= 0.3 is 0 Å². The molecule has 0 spiro atoms. The summed E-state index contributed by atoms with van der Waals surface area (Å²) < 4.78 is 5.43. The molecule has 1 saturated heterocycles. The van der Waals surface area contributed by atoms with Crippen LogP contribution in [-0.2, 0) is 11.4 Å². The third-order valence-corrected chi connectivity index (χ3v) is 3.30. The van der Waals surface area contributed by atoms with Crippen LogP contribution in [0.25, 0.3) is 0 Å². The summed E-state index contributed by atoms with van der Waals surface area (Å²) in [7, 11) is 1.81. The topological polar surface area (TPSA) is 61.8 Å². The van der Waals surface area contributed by atoms with E-state index in [0.29, 0.717) is 12.4 Å². The summed E-state index contributed by atoms with van der Waals surface area (Å²) in [4.78, 5) is 13.5. The average molecular weight is 264 g/mol. The highest BCUT2D eigenvalue weighted by atomic mass is 16.5. The van der Waals surface area contributed by atoms with Gasteiger partial charge < -0.3 is 20.1 Å². The van der Waals surface area contributed by atoms with Gasteiger partial charge in [-0.2, -0.15) is 0 Å². The van der Waals surface area contributed by atoms with Crippen molar-refractivity contribution < 1.29 is 14.6 Å². The second-order valence-electron chi connectivity index (χ2n) is 4.66. The minimum Gasteiger partial charge on any atom is -0.494 e. The molecule has 0 saturated carbocycles. The number of aliphatic hydroxyl groups is 1. The zero-order valence-electron chi connectivity index (χ0n) is 11.3.